The highest BCUT2D eigenvalue weighted by atomic mass is 19.1. The number of fused-ring (bicyclic) bond motifs is 1. The Morgan fingerprint density at radius 2 is 1.82 bits per heavy atom. The molecule has 5 rings (SSSR count). The Labute approximate surface area is 192 Å². The highest BCUT2D eigenvalue weighted by Crippen LogP contribution is 2.33. The fraction of sp³-hybridized carbons (Fsp3) is 0.370. The predicted octanol–water partition coefficient (Wildman–Crippen LogP) is 5.13. The van der Waals surface area contributed by atoms with Crippen LogP contribution in [0.1, 0.15) is 71.1 Å². The van der Waals surface area contributed by atoms with Crippen LogP contribution in [0.5, 0.6) is 0 Å². The van der Waals surface area contributed by atoms with Crippen molar-refractivity contribution in [2.24, 2.45) is 0 Å². The quantitative estimate of drug-likeness (QED) is 0.608. The van der Waals surface area contributed by atoms with Crippen LogP contribution in [0.25, 0.3) is 11.1 Å². The maximum atomic E-state index is 13.6. The largest absolute Gasteiger partial charge is 0.330 e. The molecule has 1 aromatic carbocycles. The first-order valence-corrected chi connectivity index (χ1v) is 11.8. The average molecular weight is 446 g/mol. The molecule has 2 aromatic heterocycles. The molecule has 6 heteroatoms. The van der Waals surface area contributed by atoms with Crippen molar-refractivity contribution in [2.45, 2.75) is 57.9 Å². The van der Waals surface area contributed by atoms with Gasteiger partial charge >= 0.3 is 0 Å². The zero-order valence-electron chi connectivity index (χ0n) is 18.9. The van der Waals surface area contributed by atoms with E-state index in [4.69, 9.17) is 4.98 Å². The number of amides is 1. The van der Waals surface area contributed by atoms with Crippen molar-refractivity contribution in [1.82, 2.24) is 14.9 Å². The molecule has 0 radical (unpaired) electrons. The lowest BCUT2D eigenvalue weighted by atomic mass is 9.93. The molecule has 1 fully saturated rings. The molecule has 170 valence electrons. The van der Waals surface area contributed by atoms with Crippen LogP contribution in [0.15, 0.2) is 47.3 Å². The Morgan fingerprint density at radius 1 is 1.03 bits per heavy atom. The van der Waals surface area contributed by atoms with E-state index in [1.54, 1.807) is 12.1 Å². The number of hydrogen-bond donors (Lipinski definition) is 1. The monoisotopic (exact) mass is 445 g/mol. The summed E-state index contributed by atoms with van der Waals surface area (Å²) in [5.74, 6) is -0.495. The van der Waals surface area contributed by atoms with Crippen LogP contribution in [0.2, 0.25) is 0 Å². The van der Waals surface area contributed by atoms with E-state index in [1.165, 1.54) is 12.1 Å². The Balaban J connectivity index is 1.50. The maximum Gasteiger partial charge on any atom is 0.261 e. The third kappa shape index (κ3) is 4.34. The second-order valence-electron chi connectivity index (χ2n) is 9.16. The molecule has 0 bridgehead atoms. The van der Waals surface area contributed by atoms with Crippen LogP contribution < -0.4 is 5.56 Å². The van der Waals surface area contributed by atoms with Crippen molar-refractivity contribution in [3.63, 3.8) is 0 Å². The number of aromatic amines is 1. The number of H-pyrrole nitrogens is 1. The van der Waals surface area contributed by atoms with E-state index in [1.807, 2.05) is 30.0 Å². The summed E-state index contributed by atoms with van der Waals surface area (Å²) in [6.07, 6.45) is 6.62. The molecule has 1 amide bonds. The minimum absolute atomic E-state index is 0.194. The van der Waals surface area contributed by atoms with E-state index >= 15 is 0 Å². The lowest BCUT2D eigenvalue weighted by Gasteiger charge is -2.35. The molecule has 1 aliphatic heterocycles. The third-order valence-corrected chi connectivity index (χ3v) is 6.82. The minimum atomic E-state index is -0.297. The van der Waals surface area contributed by atoms with Gasteiger partial charge in [0.15, 0.2) is 0 Å². The van der Waals surface area contributed by atoms with Crippen LogP contribution in [-0.2, 0) is 12.8 Å². The van der Waals surface area contributed by atoms with Crippen molar-refractivity contribution in [1.29, 1.82) is 0 Å². The second kappa shape index (κ2) is 8.93. The summed E-state index contributed by atoms with van der Waals surface area (Å²) in [7, 11) is 0. The second-order valence-corrected chi connectivity index (χ2v) is 9.16. The smallest absolute Gasteiger partial charge is 0.261 e. The highest BCUT2D eigenvalue weighted by Gasteiger charge is 2.32. The van der Waals surface area contributed by atoms with Gasteiger partial charge in [-0.15, -0.1) is 0 Å². The molecule has 3 heterocycles. The Kier molecular flexibility index (Phi) is 5.83. The standard InChI is InChI=1S/C27H28FN3O2/c1-17-14-20(18-9-11-21(28)12-10-18)16-24(29-17)25-8-4-5-13-31(25)27(33)22-15-19-6-2-3-7-23(19)30-26(22)32/h9-12,14-16,25H,2-8,13H2,1H3,(H,30,32)/t25-/m0/s1. The lowest BCUT2D eigenvalue weighted by molar-refractivity contribution is 0.0604. The molecular formula is C27H28FN3O2. The fourth-order valence-corrected chi connectivity index (χ4v) is 5.14. The Bertz CT molecular complexity index is 1250. The summed E-state index contributed by atoms with van der Waals surface area (Å²) < 4.78 is 13.4. The number of rotatable bonds is 3. The number of aromatic nitrogens is 2. The van der Waals surface area contributed by atoms with Crippen LogP contribution in [0.3, 0.4) is 0 Å². The number of carbonyl (C=O) groups excluding carboxylic acids is 1. The topological polar surface area (TPSA) is 66.1 Å². The summed E-state index contributed by atoms with van der Waals surface area (Å²) in [5, 5.41) is 0. The molecule has 1 aliphatic carbocycles. The van der Waals surface area contributed by atoms with Crippen LogP contribution in [0, 0.1) is 12.7 Å². The van der Waals surface area contributed by atoms with E-state index in [2.05, 4.69) is 4.98 Å². The maximum absolute atomic E-state index is 13.6. The van der Waals surface area contributed by atoms with E-state index < -0.39 is 0 Å². The number of hydrogen-bond acceptors (Lipinski definition) is 3. The Hall–Kier alpha value is -3.28. The molecule has 0 saturated carbocycles. The van der Waals surface area contributed by atoms with E-state index in [0.717, 1.165) is 78.7 Å². The summed E-state index contributed by atoms with van der Waals surface area (Å²) >= 11 is 0. The number of nitrogens with one attached hydrogen (secondary N) is 1. The zero-order valence-corrected chi connectivity index (χ0v) is 18.9. The molecule has 33 heavy (non-hydrogen) atoms. The summed E-state index contributed by atoms with van der Waals surface area (Å²) in [4.78, 5) is 35.9. The minimum Gasteiger partial charge on any atom is -0.330 e. The normalized spacial score (nSPS) is 18.1. The van der Waals surface area contributed by atoms with Crippen molar-refractivity contribution in [2.75, 3.05) is 6.54 Å². The van der Waals surface area contributed by atoms with Gasteiger partial charge in [0, 0.05) is 17.9 Å². The first-order chi connectivity index (χ1) is 16.0. The van der Waals surface area contributed by atoms with Gasteiger partial charge in [-0.05, 0) is 98.9 Å². The molecule has 5 nitrogen and oxygen atoms in total. The highest BCUT2D eigenvalue weighted by molar-refractivity contribution is 5.94. The summed E-state index contributed by atoms with van der Waals surface area (Å²) in [6.45, 7) is 2.53. The van der Waals surface area contributed by atoms with Crippen LogP contribution in [-0.4, -0.2) is 27.3 Å². The Morgan fingerprint density at radius 3 is 2.64 bits per heavy atom. The van der Waals surface area contributed by atoms with Gasteiger partial charge in [0.25, 0.3) is 11.5 Å². The van der Waals surface area contributed by atoms with Crippen molar-refractivity contribution >= 4 is 5.91 Å². The lowest BCUT2D eigenvalue weighted by Crippen LogP contribution is -2.41. The fourth-order valence-electron chi connectivity index (χ4n) is 5.14. The molecule has 0 spiro atoms. The number of nitrogens with zero attached hydrogens (tertiary/aromatic N) is 2. The average Bonchev–Trinajstić information content (AvgIpc) is 2.83. The van der Waals surface area contributed by atoms with Crippen LogP contribution in [0.4, 0.5) is 4.39 Å². The SMILES string of the molecule is Cc1cc(-c2ccc(F)cc2)cc([C@@H]2CCCCN2C(=O)c2cc3c([nH]c2=O)CCCC3)n1. The number of halogens is 1. The van der Waals surface area contributed by atoms with Gasteiger partial charge in [0.05, 0.1) is 11.7 Å². The molecule has 3 aromatic rings. The van der Waals surface area contributed by atoms with Crippen molar-refractivity contribution in [3.05, 3.63) is 86.8 Å². The van der Waals surface area contributed by atoms with Gasteiger partial charge in [-0.3, -0.25) is 14.6 Å². The van der Waals surface area contributed by atoms with Gasteiger partial charge in [0.2, 0.25) is 0 Å². The molecule has 0 unspecified atom stereocenters. The molecule has 1 atom stereocenters. The van der Waals surface area contributed by atoms with Gasteiger partial charge in [0.1, 0.15) is 11.4 Å². The third-order valence-electron chi connectivity index (χ3n) is 6.82. The molecule has 1 saturated heterocycles. The predicted molar refractivity (Wildman–Crippen MR) is 126 cm³/mol. The molecule has 2 aliphatic rings. The number of carbonyl (C=O) groups is 1. The van der Waals surface area contributed by atoms with E-state index in [0.29, 0.717) is 6.54 Å². The number of benzene rings is 1. The number of aryl methyl sites for hydroxylation is 3. The zero-order chi connectivity index (χ0) is 22.9. The van der Waals surface area contributed by atoms with Gasteiger partial charge in [-0.1, -0.05) is 12.1 Å². The first kappa shape index (κ1) is 21.6. The van der Waals surface area contributed by atoms with Gasteiger partial charge < -0.3 is 9.88 Å². The van der Waals surface area contributed by atoms with Crippen molar-refractivity contribution < 1.29 is 9.18 Å². The number of piperidine rings is 1. The number of likely N-dealkylation sites (tertiary alicyclic amines) is 1. The van der Waals surface area contributed by atoms with Gasteiger partial charge in [-0.2, -0.15) is 0 Å². The first-order valence-electron chi connectivity index (χ1n) is 11.8. The van der Waals surface area contributed by atoms with Crippen LogP contribution >= 0.6 is 0 Å². The number of pyridine rings is 2. The van der Waals surface area contributed by atoms with E-state index in [-0.39, 0.29) is 28.9 Å². The summed E-state index contributed by atoms with van der Waals surface area (Å²) in [6, 6.07) is 12.0. The van der Waals surface area contributed by atoms with E-state index in [9.17, 15) is 14.0 Å². The molecular weight excluding hydrogens is 417 g/mol. The van der Waals surface area contributed by atoms with Crippen molar-refractivity contribution in [3.8, 4) is 11.1 Å². The molecule has 1 N–H and O–H groups in total. The van der Waals surface area contributed by atoms with Gasteiger partial charge in [-0.25, -0.2) is 4.39 Å². The summed E-state index contributed by atoms with van der Waals surface area (Å²) in [5.41, 5.74) is 5.51.